The maximum Gasteiger partial charge on any atom is 0.307 e. The number of carboxylic acid groups (broad SMARTS) is 1. The van der Waals surface area contributed by atoms with E-state index in [-0.39, 0.29) is 18.1 Å². The minimum absolute atomic E-state index is 0.00875. The molecule has 3 nitrogen and oxygen atoms in total. The first-order chi connectivity index (χ1) is 6.68. The van der Waals surface area contributed by atoms with Crippen LogP contribution >= 0.6 is 0 Å². The Bertz CT molecular complexity index is 304. The quantitative estimate of drug-likeness (QED) is 0.692. The summed E-state index contributed by atoms with van der Waals surface area (Å²) < 4.78 is 0. The molecule has 1 saturated carbocycles. The van der Waals surface area contributed by atoms with Gasteiger partial charge in [-0.25, -0.2) is 0 Å². The van der Waals surface area contributed by atoms with Crippen molar-refractivity contribution in [1.82, 2.24) is 0 Å². The fourth-order valence-corrected chi connectivity index (χ4v) is 2.59. The van der Waals surface area contributed by atoms with Crippen LogP contribution in [0.15, 0.2) is 11.6 Å². The number of carboxylic acids is 1. The van der Waals surface area contributed by atoms with Crippen LogP contribution in [0, 0.1) is 11.8 Å². The van der Waals surface area contributed by atoms with Crippen LogP contribution in [-0.2, 0) is 9.59 Å². The van der Waals surface area contributed by atoms with Gasteiger partial charge in [-0.3, -0.25) is 9.59 Å². The summed E-state index contributed by atoms with van der Waals surface area (Å²) in [5.74, 6) is -1.14. The first-order valence-corrected chi connectivity index (χ1v) is 5.14. The third-order valence-electron chi connectivity index (χ3n) is 3.28. The van der Waals surface area contributed by atoms with Gasteiger partial charge in [-0.15, -0.1) is 0 Å². The molecule has 2 rings (SSSR count). The predicted octanol–water partition coefficient (Wildman–Crippen LogP) is 1.78. The number of aliphatic carboxylic acids is 1. The standard InChI is InChI=1S/C11H14O3/c12-8-5-7-3-1-2-4-9(7)10(6-8)11(13)14/h5,9-10H,1-4,6H2,(H,13,14)/t9-,10-/m0/s1. The van der Waals surface area contributed by atoms with E-state index in [1.165, 1.54) is 0 Å². The SMILES string of the molecule is O=C1C=C2CCCC[C@@H]2[C@@H](C(=O)O)C1. The van der Waals surface area contributed by atoms with E-state index in [0.29, 0.717) is 0 Å². The van der Waals surface area contributed by atoms with Gasteiger partial charge in [-0.1, -0.05) is 12.0 Å². The van der Waals surface area contributed by atoms with Crippen molar-refractivity contribution in [3.63, 3.8) is 0 Å². The molecule has 0 saturated heterocycles. The van der Waals surface area contributed by atoms with Crippen molar-refractivity contribution in [2.24, 2.45) is 11.8 Å². The molecular formula is C11H14O3. The molecule has 0 aromatic heterocycles. The molecule has 2 aliphatic rings. The molecule has 1 N–H and O–H groups in total. The Morgan fingerprint density at radius 1 is 1.43 bits per heavy atom. The Hall–Kier alpha value is -1.12. The summed E-state index contributed by atoms with van der Waals surface area (Å²) >= 11 is 0. The van der Waals surface area contributed by atoms with Gasteiger partial charge in [-0.05, 0) is 31.3 Å². The van der Waals surface area contributed by atoms with Crippen LogP contribution in [0.2, 0.25) is 0 Å². The number of carbonyl (C=O) groups is 2. The predicted molar refractivity (Wildman–Crippen MR) is 50.8 cm³/mol. The highest BCUT2D eigenvalue weighted by Gasteiger charge is 2.36. The largest absolute Gasteiger partial charge is 0.481 e. The third-order valence-corrected chi connectivity index (χ3v) is 3.28. The van der Waals surface area contributed by atoms with Gasteiger partial charge in [0.15, 0.2) is 5.78 Å². The fourth-order valence-electron chi connectivity index (χ4n) is 2.59. The van der Waals surface area contributed by atoms with Gasteiger partial charge in [0.25, 0.3) is 0 Å². The molecule has 14 heavy (non-hydrogen) atoms. The highest BCUT2D eigenvalue weighted by molar-refractivity contribution is 5.94. The lowest BCUT2D eigenvalue weighted by Gasteiger charge is -2.32. The van der Waals surface area contributed by atoms with Crippen molar-refractivity contribution in [1.29, 1.82) is 0 Å². The highest BCUT2D eigenvalue weighted by atomic mass is 16.4. The Balaban J connectivity index is 2.26. The van der Waals surface area contributed by atoms with E-state index in [1.807, 2.05) is 0 Å². The average Bonchev–Trinajstić information content (AvgIpc) is 2.16. The van der Waals surface area contributed by atoms with E-state index < -0.39 is 11.9 Å². The summed E-state index contributed by atoms with van der Waals surface area (Å²) in [7, 11) is 0. The number of allylic oxidation sites excluding steroid dienone is 2. The molecule has 0 aromatic rings. The molecule has 0 radical (unpaired) electrons. The minimum atomic E-state index is -0.809. The first kappa shape index (κ1) is 9.44. The summed E-state index contributed by atoms with van der Waals surface area (Å²) in [6.45, 7) is 0. The highest BCUT2D eigenvalue weighted by Crippen LogP contribution is 2.39. The van der Waals surface area contributed by atoms with E-state index in [9.17, 15) is 9.59 Å². The van der Waals surface area contributed by atoms with Gasteiger partial charge in [-0.2, -0.15) is 0 Å². The fraction of sp³-hybridized carbons (Fsp3) is 0.636. The van der Waals surface area contributed by atoms with E-state index in [1.54, 1.807) is 6.08 Å². The van der Waals surface area contributed by atoms with Gasteiger partial charge in [0.2, 0.25) is 0 Å². The molecule has 3 heteroatoms. The summed E-state index contributed by atoms with van der Waals surface area (Å²) in [4.78, 5) is 22.3. The molecule has 0 heterocycles. The van der Waals surface area contributed by atoms with Crippen LogP contribution in [0.1, 0.15) is 32.1 Å². The van der Waals surface area contributed by atoms with Gasteiger partial charge in [0, 0.05) is 6.42 Å². The summed E-state index contributed by atoms with van der Waals surface area (Å²) in [5, 5.41) is 9.02. The lowest BCUT2D eigenvalue weighted by molar-refractivity contribution is -0.145. The van der Waals surface area contributed by atoms with E-state index in [4.69, 9.17) is 5.11 Å². The minimum Gasteiger partial charge on any atom is -0.481 e. The number of hydrogen-bond acceptors (Lipinski definition) is 2. The van der Waals surface area contributed by atoms with Crippen LogP contribution < -0.4 is 0 Å². The van der Waals surface area contributed by atoms with Crippen molar-refractivity contribution < 1.29 is 14.7 Å². The summed E-state index contributed by atoms with van der Waals surface area (Å²) in [6.07, 6.45) is 5.94. The molecule has 2 aliphatic carbocycles. The lowest BCUT2D eigenvalue weighted by Crippen LogP contribution is -2.32. The van der Waals surface area contributed by atoms with Crippen LogP contribution in [0.3, 0.4) is 0 Å². The van der Waals surface area contributed by atoms with Crippen LogP contribution in [-0.4, -0.2) is 16.9 Å². The Labute approximate surface area is 82.8 Å². The monoisotopic (exact) mass is 194 g/mol. The van der Waals surface area contributed by atoms with Crippen molar-refractivity contribution in [3.05, 3.63) is 11.6 Å². The van der Waals surface area contributed by atoms with E-state index in [2.05, 4.69) is 0 Å². The van der Waals surface area contributed by atoms with Crippen molar-refractivity contribution in [3.8, 4) is 0 Å². The second kappa shape index (κ2) is 3.56. The average molecular weight is 194 g/mol. The molecule has 0 bridgehead atoms. The molecule has 0 aromatic carbocycles. The van der Waals surface area contributed by atoms with Crippen molar-refractivity contribution in [2.45, 2.75) is 32.1 Å². The second-order valence-electron chi connectivity index (χ2n) is 4.19. The zero-order valence-corrected chi connectivity index (χ0v) is 8.03. The molecule has 0 amide bonds. The third kappa shape index (κ3) is 1.59. The molecule has 0 spiro atoms. The zero-order valence-electron chi connectivity index (χ0n) is 8.03. The van der Waals surface area contributed by atoms with Crippen molar-refractivity contribution in [2.75, 3.05) is 0 Å². The number of rotatable bonds is 1. The Morgan fingerprint density at radius 3 is 2.93 bits per heavy atom. The van der Waals surface area contributed by atoms with Gasteiger partial charge < -0.3 is 5.11 Å². The summed E-state index contributed by atoms with van der Waals surface area (Å²) in [6, 6.07) is 0. The van der Waals surface area contributed by atoms with Crippen LogP contribution in [0.25, 0.3) is 0 Å². The van der Waals surface area contributed by atoms with Crippen molar-refractivity contribution >= 4 is 11.8 Å². The van der Waals surface area contributed by atoms with Gasteiger partial charge >= 0.3 is 5.97 Å². The van der Waals surface area contributed by atoms with Gasteiger partial charge in [0.1, 0.15) is 0 Å². The first-order valence-electron chi connectivity index (χ1n) is 5.14. The topological polar surface area (TPSA) is 54.4 Å². The second-order valence-corrected chi connectivity index (χ2v) is 4.19. The zero-order chi connectivity index (χ0) is 10.1. The van der Waals surface area contributed by atoms with Crippen LogP contribution in [0.4, 0.5) is 0 Å². The Kier molecular flexibility index (Phi) is 2.40. The lowest BCUT2D eigenvalue weighted by atomic mass is 9.71. The number of carbonyl (C=O) groups excluding carboxylic acids is 1. The normalized spacial score (nSPS) is 32.0. The molecule has 76 valence electrons. The van der Waals surface area contributed by atoms with E-state index >= 15 is 0 Å². The molecule has 0 unspecified atom stereocenters. The smallest absolute Gasteiger partial charge is 0.307 e. The molecular weight excluding hydrogens is 180 g/mol. The number of hydrogen-bond donors (Lipinski definition) is 1. The molecule has 1 fully saturated rings. The molecule has 2 atom stereocenters. The molecule has 0 aliphatic heterocycles. The van der Waals surface area contributed by atoms with E-state index in [0.717, 1.165) is 31.3 Å². The maximum atomic E-state index is 11.3. The maximum absolute atomic E-state index is 11.3. The summed E-state index contributed by atoms with van der Waals surface area (Å²) in [5.41, 5.74) is 1.08. The van der Waals surface area contributed by atoms with Gasteiger partial charge in [0.05, 0.1) is 5.92 Å². The number of ketones is 1. The Morgan fingerprint density at radius 2 is 2.21 bits per heavy atom. The van der Waals surface area contributed by atoms with Crippen LogP contribution in [0.5, 0.6) is 0 Å². The number of fused-ring (bicyclic) bond motifs is 1.